The SMILES string of the molecule is CCOC(=O)C1=C(CN(C)Cc2cccc(OC)c2OC)NC(=O)NC1c1ccco1. The summed E-state index contributed by atoms with van der Waals surface area (Å²) in [6.07, 6.45) is 1.49. The highest BCUT2D eigenvalue weighted by Gasteiger charge is 2.35. The lowest BCUT2D eigenvalue weighted by Crippen LogP contribution is -2.48. The van der Waals surface area contributed by atoms with Crippen molar-refractivity contribution in [3.05, 3.63) is 59.2 Å². The van der Waals surface area contributed by atoms with E-state index in [-0.39, 0.29) is 6.61 Å². The maximum absolute atomic E-state index is 12.8. The molecular formula is C22H27N3O6. The number of para-hydroxylation sites is 1. The van der Waals surface area contributed by atoms with Crippen molar-refractivity contribution in [1.82, 2.24) is 15.5 Å². The molecule has 1 aliphatic rings. The number of hydrogen-bond acceptors (Lipinski definition) is 7. The molecule has 1 aliphatic heterocycles. The van der Waals surface area contributed by atoms with E-state index in [1.807, 2.05) is 30.1 Å². The van der Waals surface area contributed by atoms with Crippen LogP contribution in [-0.4, -0.2) is 51.3 Å². The van der Waals surface area contributed by atoms with Crippen molar-refractivity contribution in [1.29, 1.82) is 0 Å². The molecule has 0 aliphatic carbocycles. The highest BCUT2D eigenvalue weighted by molar-refractivity contribution is 5.95. The molecule has 3 rings (SSSR count). The fraction of sp³-hybridized carbons (Fsp3) is 0.364. The largest absolute Gasteiger partial charge is 0.493 e. The standard InChI is InChI=1S/C22H27N3O6/c1-5-30-21(26)18-15(23-22(27)24-19(18)16-10-7-11-31-16)13-25(2)12-14-8-6-9-17(28-3)20(14)29-4/h6-11,19H,5,12-13H2,1-4H3,(H2,23,24,27). The number of ether oxygens (including phenoxy) is 3. The first-order valence-electron chi connectivity index (χ1n) is 9.87. The molecule has 166 valence electrons. The smallest absolute Gasteiger partial charge is 0.338 e. The zero-order valence-electron chi connectivity index (χ0n) is 18.1. The first kappa shape index (κ1) is 22.2. The molecule has 0 spiro atoms. The number of furan rings is 1. The number of nitrogens with zero attached hydrogens (tertiary/aromatic N) is 1. The van der Waals surface area contributed by atoms with E-state index in [4.69, 9.17) is 18.6 Å². The molecule has 31 heavy (non-hydrogen) atoms. The molecule has 2 N–H and O–H groups in total. The van der Waals surface area contributed by atoms with Gasteiger partial charge >= 0.3 is 12.0 Å². The highest BCUT2D eigenvalue weighted by Crippen LogP contribution is 2.32. The Morgan fingerprint density at radius 2 is 1.97 bits per heavy atom. The maximum atomic E-state index is 12.8. The van der Waals surface area contributed by atoms with Crippen LogP contribution in [0.5, 0.6) is 11.5 Å². The first-order chi connectivity index (χ1) is 15.0. The quantitative estimate of drug-likeness (QED) is 0.591. The summed E-state index contributed by atoms with van der Waals surface area (Å²) >= 11 is 0. The fourth-order valence-corrected chi connectivity index (χ4v) is 3.56. The van der Waals surface area contributed by atoms with E-state index in [0.29, 0.717) is 41.6 Å². The van der Waals surface area contributed by atoms with Crippen LogP contribution in [0.4, 0.5) is 4.79 Å². The van der Waals surface area contributed by atoms with Crippen LogP contribution in [0.1, 0.15) is 24.3 Å². The Morgan fingerprint density at radius 1 is 1.16 bits per heavy atom. The van der Waals surface area contributed by atoms with Gasteiger partial charge in [-0.2, -0.15) is 0 Å². The highest BCUT2D eigenvalue weighted by atomic mass is 16.5. The second-order valence-corrected chi connectivity index (χ2v) is 6.98. The van der Waals surface area contributed by atoms with E-state index in [9.17, 15) is 9.59 Å². The Balaban J connectivity index is 1.91. The van der Waals surface area contributed by atoms with Crippen molar-refractivity contribution < 1.29 is 28.2 Å². The Labute approximate surface area is 180 Å². The molecule has 0 saturated heterocycles. The van der Waals surface area contributed by atoms with E-state index >= 15 is 0 Å². The molecule has 9 heteroatoms. The molecule has 0 saturated carbocycles. The lowest BCUT2D eigenvalue weighted by Gasteiger charge is -2.30. The second kappa shape index (κ2) is 10.0. The number of esters is 1. The van der Waals surface area contributed by atoms with Gasteiger partial charge in [-0.25, -0.2) is 9.59 Å². The number of benzene rings is 1. The number of methoxy groups -OCH3 is 2. The molecule has 2 aromatic rings. The second-order valence-electron chi connectivity index (χ2n) is 6.98. The molecule has 0 fully saturated rings. The van der Waals surface area contributed by atoms with E-state index in [1.165, 1.54) is 6.26 Å². The van der Waals surface area contributed by atoms with Gasteiger partial charge in [-0.05, 0) is 32.2 Å². The van der Waals surface area contributed by atoms with Gasteiger partial charge in [0.2, 0.25) is 0 Å². The molecule has 1 aromatic heterocycles. The fourth-order valence-electron chi connectivity index (χ4n) is 3.56. The van der Waals surface area contributed by atoms with Gasteiger partial charge in [-0.15, -0.1) is 0 Å². The number of carbonyl (C=O) groups is 2. The molecule has 0 radical (unpaired) electrons. The van der Waals surface area contributed by atoms with E-state index < -0.39 is 18.0 Å². The molecular weight excluding hydrogens is 402 g/mol. The van der Waals surface area contributed by atoms with Crippen LogP contribution in [0.15, 0.2) is 52.3 Å². The maximum Gasteiger partial charge on any atom is 0.338 e. The summed E-state index contributed by atoms with van der Waals surface area (Å²) < 4.78 is 21.6. The summed E-state index contributed by atoms with van der Waals surface area (Å²) in [4.78, 5) is 27.1. The molecule has 2 heterocycles. The molecule has 2 amide bonds. The van der Waals surface area contributed by atoms with Crippen LogP contribution in [0.2, 0.25) is 0 Å². The predicted octanol–water partition coefficient (Wildman–Crippen LogP) is 2.60. The van der Waals surface area contributed by atoms with Crippen LogP contribution in [0, 0.1) is 0 Å². The van der Waals surface area contributed by atoms with Crippen LogP contribution < -0.4 is 20.1 Å². The minimum atomic E-state index is -0.738. The Hall–Kier alpha value is -3.46. The van der Waals surface area contributed by atoms with Gasteiger partial charge in [0.25, 0.3) is 0 Å². The average Bonchev–Trinajstić information content (AvgIpc) is 3.28. The van der Waals surface area contributed by atoms with Gasteiger partial charge < -0.3 is 29.3 Å². The number of rotatable bonds is 9. The zero-order valence-corrected chi connectivity index (χ0v) is 18.1. The normalized spacial score (nSPS) is 16.0. The van der Waals surface area contributed by atoms with Gasteiger partial charge in [0.05, 0.1) is 32.7 Å². The van der Waals surface area contributed by atoms with Crippen LogP contribution in [0.3, 0.4) is 0 Å². The van der Waals surface area contributed by atoms with Crippen molar-refractivity contribution in [3.8, 4) is 11.5 Å². The van der Waals surface area contributed by atoms with Crippen molar-refractivity contribution in [3.63, 3.8) is 0 Å². The Morgan fingerprint density at radius 3 is 2.61 bits per heavy atom. The molecule has 1 atom stereocenters. The van der Waals surface area contributed by atoms with Crippen molar-refractivity contribution in [2.45, 2.75) is 19.5 Å². The van der Waals surface area contributed by atoms with E-state index in [2.05, 4.69) is 10.6 Å². The van der Waals surface area contributed by atoms with Gasteiger partial charge in [0.1, 0.15) is 11.8 Å². The number of amides is 2. The minimum absolute atomic E-state index is 0.214. The lowest BCUT2D eigenvalue weighted by molar-refractivity contribution is -0.139. The Bertz CT molecular complexity index is 954. The topological polar surface area (TPSA) is 102 Å². The average molecular weight is 429 g/mol. The number of hydrogen-bond donors (Lipinski definition) is 2. The van der Waals surface area contributed by atoms with Crippen molar-refractivity contribution >= 4 is 12.0 Å². The number of urea groups is 1. The molecule has 0 bridgehead atoms. The third kappa shape index (κ3) is 5.00. The number of nitrogens with one attached hydrogen (secondary N) is 2. The molecule has 1 unspecified atom stereocenters. The summed E-state index contributed by atoms with van der Waals surface area (Å²) in [5.41, 5.74) is 1.67. The lowest BCUT2D eigenvalue weighted by atomic mass is 9.99. The zero-order chi connectivity index (χ0) is 22.4. The van der Waals surface area contributed by atoms with E-state index in [0.717, 1.165) is 5.56 Å². The third-order valence-corrected chi connectivity index (χ3v) is 4.83. The molecule has 1 aromatic carbocycles. The Kier molecular flexibility index (Phi) is 7.19. The van der Waals surface area contributed by atoms with Gasteiger partial charge in [0, 0.05) is 24.4 Å². The minimum Gasteiger partial charge on any atom is -0.493 e. The van der Waals surface area contributed by atoms with Crippen LogP contribution >= 0.6 is 0 Å². The van der Waals surface area contributed by atoms with Crippen LogP contribution in [-0.2, 0) is 16.1 Å². The monoisotopic (exact) mass is 429 g/mol. The number of carbonyl (C=O) groups excluding carboxylic acids is 2. The molecule has 9 nitrogen and oxygen atoms in total. The van der Waals surface area contributed by atoms with Crippen molar-refractivity contribution in [2.24, 2.45) is 0 Å². The van der Waals surface area contributed by atoms with Gasteiger partial charge in [0.15, 0.2) is 11.5 Å². The predicted molar refractivity (Wildman–Crippen MR) is 113 cm³/mol. The first-order valence-corrected chi connectivity index (χ1v) is 9.87. The number of likely N-dealkylation sites (N-methyl/N-ethyl adjacent to an activating group) is 1. The van der Waals surface area contributed by atoms with Crippen molar-refractivity contribution in [2.75, 3.05) is 34.4 Å². The third-order valence-electron chi connectivity index (χ3n) is 4.83. The summed E-state index contributed by atoms with van der Waals surface area (Å²) in [5, 5.41) is 5.49. The summed E-state index contributed by atoms with van der Waals surface area (Å²) in [6.45, 7) is 2.73. The van der Waals surface area contributed by atoms with Crippen LogP contribution in [0.25, 0.3) is 0 Å². The summed E-state index contributed by atoms with van der Waals surface area (Å²) in [6, 6.07) is 7.89. The van der Waals surface area contributed by atoms with Gasteiger partial charge in [-0.3, -0.25) is 4.90 Å². The van der Waals surface area contributed by atoms with Gasteiger partial charge in [-0.1, -0.05) is 12.1 Å². The summed E-state index contributed by atoms with van der Waals surface area (Å²) in [7, 11) is 5.05. The van der Waals surface area contributed by atoms with E-state index in [1.54, 1.807) is 33.3 Å². The summed E-state index contributed by atoms with van der Waals surface area (Å²) in [5.74, 6) is 1.21.